The van der Waals surface area contributed by atoms with Gasteiger partial charge in [0, 0.05) is 16.9 Å². The smallest absolute Gasteiger partial charge is 0.0539 e. The van der Waals surface area contributed by atoms with Crippen LogP contribution in [-0.4, -0.2) is 0 Å². The van der Waals surface area contributed by atoms with E-state index in [4.69, 9.17) is 0 Å². The van der Waals surface area contributed by atoms with E-state index < -0.39 is 0 Å². The lowest BCUT2D eigenvalue weighted by Crippen LogP contribution is -2.12. The van der Waals surface area contributed by atoms with Gasteiger partial charge < -0.3 is 4.90 Å². The molecule has 0 radical (unpaired) electrons. The summed E-state index contributed by atoms with van der Waals surface area (Å²) in [4.78, 5) is 2.48. The molecule has 0 aliphatic heterocycles. The number of benzene rings is 8. The predicted molar refractivity (Wildman–Crippen MR) is 283 cm³/mol. The van der Waals surface area contributed by atoms with Crippen LogP contribution in [0.1, 0.15) is 71.6 Å². The quantitative estimate of drug-likeness (QED) is 0.147. The Hall–Kier alpha value is -7.48. The van der Waals surface area contributed by atoms with Crippen molar-refractivity contribution in [3.05, 3.63) is 233 Å². The number of hydrogen-bond acceptors (Lipinski definition) is 1. The molecule has 1 atom stereocenters. The van der Waals surface area contributed by atoms with Crippen LogP contribution in [0.4, 0.5) is 17.1 Å². The van der Waals surface area contributed by atoms with Gasteiger partial charge in [-0.25, -0.2) is 0 Å². The van der Waals surface area contributed by atoms with Crippen LogP contribution in [0.15, 0.2) is 194 Å². The molecule has 1 unspecified atom stereocenters. The topological polar surface area (TPSA) is 3.24 Å². The van der Waals surface area contributed by atoms with Gasteiger partial charge in [-0.05, 0) is 175 Å². The molecule has 8 aromatic carbocycles. The van der Waals surface area contributed by atoms with Crippen LogP contribution >= 0.6 is 0 Å². The Morgan fingerprint density at radius 3 is 1.42 bits per heavy atom. The summed E-state index contributed by atoms with van der Waals surface area (Å²) in [6, 6.07) is 59.0. The zero-order valence-electron chi connectivity index (χ0n) is 37.7. The molecule has 0 saturated heterocycles. The number of anilines is 3. The van der Waals surface area contributed by atoms with Crippen LogP contribution in [-0.2, 0) is 19.3 Å². The normalized spacial score (nSPS) is 15.8. The van der Waals surface area contributed by atoms with E-state index in [9.17, 15) is 0 Å². The van der Waals surface area contributed by atoms with Crippen molar-refractivity contribution in [2.75, 3.05) is 4.90 Å². The zero-order valence-corrected chi connectivity index (χ0v) is 37.7. The molecule has 0 amide bonds. The van der Waals surface area contributed by atoms with E-state index in [0.717, 1.165) is 56.3 Å². The van der Waals surface area contributed by atoms with Crippen LogP contribution in [0.25, 0.3) is 79.1 Å². The van der Waals surface area contributed by atoms with E-state index in [0.29, 0.717) is 5.92 Å². The summed E-state index contributed by atoms with van der Waals surface area (Å²) >= 11 is 0. The van der Waals surface area contributed by atoms with Crippen molar-refractivity contribution >= 4 is 51.6 Å². The summed E-state index contributed by atoms with van der Waals surface area (Å²) < 4.78 is 0. The van der Waals surface area contributed by atoms with Gasteiger partial charge in [0.1, 0.15) is 0 Å². The highest BCUT2D eigenvalue weighted by Gasteiger charge is 2.27. The highest BCUT2D eigenvalue weighted by molar-refractivity contribution is 6.09. The van der Waals surface area contributed by atoms with Gasteiger partial charge in [0.2, 0.25) is 0 Å². The van der Waals surface area contributed by atoms with E-state index in [1.165, 1.54) is 99.9 Å². The van der Waals surface area contributed by atoms with Crippen LogP contribution in [0.5, 0.6) is 0 Å². The third-order valence-electron chi connectivity index (χ3n) is 14.4. The van der Waals surface area contributed by atoms with Crippen LogP contribution in [0, 0.1) is 5.92 Å². The average Bonchev–Trinajstić information content (AvgIpc) is 3.39. The standard InChI is InChI=1S/C65H53N/c1-44-32-34-45(35-33-44)52-22-16-17-31-61(52)66(50-40-36-48(37-41-50)64-59-29-14-10-25-55(59)53-23-8-12-27-57(53)62(64)46-18-4-2-5-19-46)51-42-38-49(39-43-51)65-60-30-15-11-26-56(60)54-24-9-13-28-58(54)63(65)47-20-6-3-7-21-47/h2-7,10,12-22,25,27-32,34-44H,8-9,11,23-24,26,33H2,1H3. The minimum absolute atomic E-state index is 0.536. The third-order valence-corrected chi connectivity index (χ3v) is 14.4. The second kappa shape index (κ2) is 17.1. The fourth-order valence-corrected chi connectivity index (χ4v) is 11.3. The van der Waals surface area contributed by atoms with E-state index in [1.807, 2.05) is 0 Å². The van der Waals surface area contributed by atoms with Crippen LogP contribution in [0.2, 0.25) is 0 Å². The van der Waals surface area contributed by atoms with Gasteiger partial charge in [0.15, 0.2) is 0 Å². The number of rotatable bonds is 8. The first-order valence-corrected chi connectivity index (χ1v) is 24.1. The molecular weight excluding hydrogens is 795 g/mol. The Bertz CT molecular complexity index is 3300. The molecule has 4 aliphatic carbocycles. The van der Waals surface area contributed by atoms with Gasteiger partial charge in [0.25, 0.3) is 0 Å². The summed E-state index contributed by atoms with van der Waals surface area (Å²) in [5, 5.41) is 2.67. The first-order chi connectivity index (χ1) is 32.7. The zero-order chi connectivity index (χ0) is 44.0. The molecule has 12 rings (SSSR count). The molecule has 0 heterocycles. The van der Waals surface area contributed by atoms with Gasteiger partial charge in [-0.2, -0.15) is 0 Å². The maximum atomic E-state index is 2.48. The van der Waals surface area contributed by atoms with Crippen molar-refractivity contribution < 1.29 is 0 Å². The fraction of sp³-hybridized carbons (Fsp3) is 0.138. The molecule has 318 valence electrons. The van der Waals surface area contributed by atoms with Crippen molar-refractivity contribution in [2.24, 2.45) is 5.92 Å². The number of aryl methyl sites for hydroxylation is 1. The van der Waals surface area contributed by atoms with Crippen molar-refractivity contribution in [2.45, 2.75) is 51.9 Å². The Labute approximate surface area is 390 Å². The molecule has 66 heavy (non-hydrogen) atoms. The number of fused-ring (bicyclic) bond motifs is 6. The number of para-hydroxylation sites is 1. The Morgan fingerprint density at radius 2 is 0.864 bits per heavy atom. The van der Waals surface area contributed by atoms with Crippen LogP contribution < -0.4 is 4.90 Å². The Balaban J connectivity index is 1.03. The summed E-state index contributed by atoms with van der Waals surface area (Å²) in [7, 11) is 0. The van der Waals surface area contributed by atoms with E-state index in [1.54, 1.807) is 5.56 Å². The highest BCUT2D eigenvalue weighted by atomic mass is 15.1. The molecule has 1 heteroatoms. The molecule has 0 fully saturated rings. The molecule has 4 aliphatic rings. The molecule has 0 aromatic heterocycles. The molecule has 1 nitrogen and oxygen atoms in total. The Kier molecular flexibility index (Phi) is 10.4. The minimum atomic E-state index is 0.536. The van der Waals surface area contributed by atoms with Crippen molar-refractivity contribution in [3.63, 3.8) is 0 Å². The molecule has 0 N–H and O–H groups in total. The monoisotopic (exact) mass is 847 g/mol. The van der Waals surface area contributed by atoms with Gasteiger partial charge in [-0.1, -0.05) is 189 Å². The van der Waals surface area contributed by atoms with Crippen molar-refractivity contribution in [3.8, 4) is 44.5 Å². The van der Waals surface area contributed by atoms with Gasteiger partial charge >= 0.3 is 0 Å². The van der Waals surface area contributed by atoms with E-state index in [-0.39, 0.29) is 0 Å². The molecule has 8 aromatic rings. The first kappa shape index (κ1) is 40.1. The predicted octanol–water partition coefficient (Wildman–Crippen LogP) is 17.8. The lowest BCUT2D eigenvalue weighted by molar-refractivity contribution is 0.739. The first-order valence-electron chi connectivity index (χ1n) is 24.1. The number of hydrogen-bond donors (Lipinski definition) is 0. The minimum Gasteiger partial charge on any atom is -0.310 e. The maximum absolute atomic E-state index is 2.48. The SMILES string of the molecule is CC1C=CC(c2ccccc2N(c2ccc(-c3c4c(c5c(c3-c3ccccc3)C=CCC5)CCC=C4)cc2)c2ccc(-c3c(-c4ccccc4)c4c(c5ccccc35)CCC=C4)cc2)=CC1. The summed E-state index contributed by atoms with van der Waals surface area (Å²) in [6.45, 7) is 2.30. The van der Waals surface area contributed by atoms with Crippen LogP contribution in [0.3, 0.4) is 0 Å². The maximum Gasteiger partial charge on any atom is 0.0539 e. The molecule has 0 saturated carbocycles. The Morgan fingerprint density at radius 1 is 0.409 bits per heavy atom. The summed E-state index contributed by atoms with van der Waals surface area (Å²) in [5.74, 6) is 0.536. The lowest BCUT2D eigenvalue weighted by Gasteiger charge is -2.30. The average molecular weight is 848 g/mol. The second-order valence-electron chi connectivity index (χ2n) is 18.5. The number of allylic oxidation sites excluding steroid dienone is 7. The van der Waals surface area contributed by atoms with Crippen molar-refractivity contribution in [1.29, 1.82) is 0 Å². The molecular formula is C65H53N. The van der Waals surface area contributed by atoms with Crippen molar-refractivity contribution in [1.82, 2.24) is 0 Å². The summed E-state index contributed by atoms with van der Waals surface area (Å²) in [6.07, 6.45) is 28.9. The summed E-state index contributed by atoms with van der Waals surface area (Å²) in [5.41, 5.74) is 24.9. The number of nitrogens with zero attached hydrogens (tertiary/aromatic N) is 1. The fourth-order valence-electron chi connectivity index (χ4n) is 11.3. The largest absolute Gasteiger partial charge is 0.310 e. The second-order valence-corrected chi connectivity index (χ2v) is 18.5. The van der Waals surface area contributed by atoms with Gasteiger partial charge in [-0.3, -0.25) is 0 Å². The highest BCUT2D eigenvalue weighted by Crippen LogP contribution is 2.49. The molecule has 0 bridgehead atoms. The van der Waals surface area contributed by atoms with E-state index >= 15 is 0 Å². The molecule has 0 spiro atoms. The van der Waals surface area contributed by atoms with Gasteiger partial charge in [0.05, 0.1) is 5.69 Å². The van der Waals surface area contributed by atoms with Gasteiger partial charge in [-0.15, -0.1) is 0 Å². The third kappa shape index (κ3) is 7.02. The van der Waals surface area contributed by atoms with E-state index in [2.05, 4.69) is 224 Å². The lowest BCUT2D eigenvalue weighted by atomic mass is 9.76.